The quantitative estimate of drug-likeness (QED) is 0.687. The van der Waals surface area contributed by atoms with Crippen molar-refractivity contribution in [3.05, 3.63) is 57.6 Å². The van der Waals surface area contributed by atoms with Crippen LogP contribution < -0.4 is 10.0 Å². The molecule has 0 aliphatic carbocycles. The topological polar surface area (TPSA) is 82.0 Å². The van der Waals surface area contributed by atoms with Crippen LogP contribution in [0.1, 0.15) is 22.3 Å². The summed E-state index contributed by atoms with van der Waals surface area (Å²) in [5, 5.41) is 11.4. The number of rotatable bonds is 6. The third kappa shape index (κ3) is 5.63. The van der Waals surface area contributed by atoms with Crippen molar-refractivity contribution in [2.75, 3.05) is 11.9 Å². The van der Waals surface area contributed by atoms with Crippen LogP contribution in [0.15, 0.2) is 35.2 Å². The van der Waals surface area contributed by atoms with E-state index in [-0.39, 0.29) is 21.2 Å². The fraction of sp³-hybridized carbons (Fsp3) is 0.316. The summed E-state index contributed by atoms with van der Waals surface area (Å²) < 4.78 is 67.7. The first kappa shape index (κ1) is 23.0. The summed E-state index contributed by atoms with van der Waals surface area (Å²) in [6.07, 6.45) is -4.84. The molecule has 5 nitrogen and oxygen atoms in total. The van der Waals surface area contributed by atoms with Gasteiger partial charge in [0.05, 0.1) is 27.2 Å². The molecule has 29 heavy (non-hydrogen) atoms. The van der Waals surface area contributed by atoms with Gasteiger partial charge in [-0.2, -0.15) is 23.2 Å². The van der Waals surface area contributed by atoms with Gasteiger partial charge >= 0.3 is 6.18 Å². The Morgan fingerprint density at radius 1 is 1.14 bits per heavy atom. The molecule has 0 saturated carbocycles. The number of anilines is 1. The van der Waals surface area contributed by atoms with Crippen molar-refractivity contribution in [3.8, 4) is 6.07 Å². The van der Waals surface area contributed by atoms with Gasteiger partial charge in [0.15, 0.2) is 0 Å². The Hall–Kier alpha value is -2.28. The number of nitrogens with one attached hydrogen (secondary N) is 2. The molecule has 0 saturated heterocycles. The minimum atomic E-state index is -4.84. The van der Waals surface area contributed by atoms with Crippen molar-refractivity contribution in [3.63, 3.8) is 0 Å². The largest absolute Gasteiger partial charge is 0.406 e. The lowest BCUT2D eigenvalue weighted by atomic mass is 10.1. The number of hydrogen-bond acceptors (Lipinski definition) is 4. The Morgan fingerprint density at radius 2 is 1.72 bits per heavy atom. The van der Waals surface area contributed by atoms with Crippen molar-refractivity contribution in [1.29, 1.82) is 5.26 Å². The normalized spacial score (nSPS) is 13.0. The number of halogens is 4. The molecule has 0 amide bonds. The maximum atomic E-state index is 13.5. The summed E-state index contributed by atoms with van der Waals surface area (Å²) in [7, 11) is -4.43. The van der Waals surface area contributed by atoms with Crippen molar-refractivity contribution < 1.29 is 21.6 Å². The molecule has 0 aromatic heterocycles. The highest BCUT2D eigenvalue weighted by Gasteiger charge is 2.42. The molecule has 0 aliphatic heterocycles. The summed E-state index contributed by atoms with van der Waals surface area (Å²) in [5.74, 6) is 0. The fourth-order valence-corrected chi connectivity index (χ4v) is 4.92. The molecule has 0 fully saturated rings. The van der Waals surface area contributed by atoms with E-state index in [4.69, 9.17) is 16.9 Å². The Labute approximate surface area is 172 Å². The number of sulfonamides is 1. The van der Waals surface area contributed by atoms with Gasteiger partial charge in [-0.05, 0) is 50.1 Å². The van der Waals surface area contributed by atoms with Gasteiger partial charge in [0.2, 0.25) is 10.0 Å². The predicted molar refractivity (Wildman–Crippen MR) is 105 cm³/mol. The number of nitriles is 1. The molecule has 1 unspecified atom stereocenters. The van der Waals surface area contributed by atoms with Gasteiger partial charge in [-0.25, -0.2) is 8.42 Å². The molecular weight excluding hydrogens is 427 g/mol. The zero-order chi connectivity index (χ0) is 22.0. The summed E-state index contributed by atoms with van der Waals surface area (Å²) in [5.41, 5.74) is 1.93. The molecule has 10 heteroatoms. The third-order valence-corrected chi connectivity index (χ3v) is 6.25. The van der Waals surface area contributed by atoms with E-state index < -0.39 is 28.8 Å². The number of benzene rings is 2. The maximum Gasteiger partial charge on any atom is 0.406 e. The zero-order valence-corrected chi connectivity index (χ0v) is 17.4. The first-order chi connectivity index (χ1) is 13.3. The molecule has 2 aromatic rings. The number of nitrogens with zero attached hydrogens (tertiary/aromatic N) is 1. The Balaban J connectivity index is 2.29. The molecule has 2 N–H and O–H groups in total. The molecule has 2 rings (SSSR count). The van der Waals surface area contributed by atoms with E-state index in [1.165, 1.54) is 32.0 Å². The molecule has 2 aromatic carbocycles. The lowest BCUT2D eigenvalue weighted by molar-refractivity contribution is -0.148. The second kappa shape index (κ2) is 8.61. The zero-order valence-electron chi connectivity index (χ0n) is 15.9. The van der Waals surface area contributed by atoms with Gasteiger partial charge < -0.3 is 5.32 Å². The van der Waals surface area contributed by atoms with Crippen molar-refractivity contribution in [2.24, 2.45) is 0 Å². The predicted octanol–water partition coefficient (Wildman–Crippen LogP) is 4.46. The summed E-state index contributed by atoms with van der Waals surface area (Å²) in [6, 6.07) is 6.72. The molecule has 0 spiro atoms. The summed E-state index contributed by atoms with van der Waals surface area (Å²) >= 11 is 5.96. The van der Waals surface area contributed by atoms with Crippen LogP contribution in [0.5, 0.6) is 0 Å². The van der Waals surface area contributed by atoms with E-state index in [9.17, 15) is 21.6 Å². The van der Waals surface area contributed by atoms with Crippen LogP contribution in [0.3, 0.4) is 0 Å². The first-order valence-electron chi connectivity index (χ1n) is 8.45. The lowest BCUT2D eigenvalue weighted by Crippen LogP contribution is -2.49. The minimum Gasteiger partial charge on any atom is -0.382 e. The van der Waals surface area contributed by atoms with Gasteiger partial charge in [-0.15, -0.1) is 0 Å². The second-order valence-electron chi connectivity index (χ2n) is 6.63. The molecule has 0 heterocycles. The third-order valence-electron chi connectivity index (χ3n) is 4.16. The number of alkyl halides is 3. The highest BCUT2D eigenvalue weighted by molar-refractivity contribution is 7.89. The van der Waals surface area contributed by atoms with E-state index in [2.05, 4.69) is 5.32 Å². The van der Waals surface area contributed by atoms with Gasteiger partial charge in [0.25, 0.3) is 0 Å². The Bertz CT molecular complexity index is 1040. The molecular formula is C19H19ClF3N3O2S. The fourth-order valence-electron chi connectivity index (χ4n) is 3.00. The molecule has 156 valence electrons. The van der Waals surface area contributed by atoms with E-state index >= 15 is 0 Å². The van der Waals surface area contributed by atoms with E-state index in [1.807, 2.05) is 6.07 Å². The maximum absolute atomic E-state index is 13.5. The highest BCUT2D eigenvalue weighted by atomic mass is 35.5. The number of aryl methyl sites for hydroxylation is 3. The Morgan fingerprint density at radius 3 is 2.21 bits per heavy atom. The molecule has 0 aliphatic rings. The average Bonchev–Trinajstić information content (AvgIpc) is 2.57. The standard InChI is InChI=1S/C19H19ClF3N3O2S/c1-11-6-12(2)18(13(3)7-11)29(27,28)26-17(19(21,22)23)10-25-16-5-4-14(9-24)8-15(16)20/h4-8,17,25-26H,10H2,1-3H3. The SMILES string of the molecule is Cc1cc(C)c(S(=O)(=O)NC(CNc2ccc(C#N)cc2Cl)C(F)(F)F)c(C)c1. The van der Waals surface area contributed by atoms with Crippen LogP contribution in [-0.4, -0.2) is 27.2 Å². The second-order valence-corrected chi connectivity index (χ2v) is 8.69. The van der Waals surface area contributed by atoms with Crippen LogP contribution in [0.2, 0.25) is 5.02 Å². The average molecular weight is 446 g/mol. The van der Waals surface area contributed by atoms with Gasteiger partial charge in [0.1, 0.15) is 6.04 Å². The highest BCUT2D eigenvalue weighted by Crippen LogP contribution is 2.27. The van der Waals surface area contributed by atoms with Crippen LogP contribution in [0.4, 0.5) is 18.9 Å². The van der Waals surface area contributed by atoms with Crippen molar-refractivity contribution >= 4 is 27.3 Å². The smallest absolute Gasteiger partial charge is 0.382 e. The van der Waals surface area contributed by atoms with Crippen molar-refractivity contribution in [1.82, 2.24) is 4.72 Å². The van der Waals surface area contributed by atoms with Crippen LogP contribution in [0.25, 0.3) is 0 Å². The summed E-state index contributed by atoms with van der Waals surface area (Å²) in [6.45, 7) is 4.06. The van der Waals surface area contributed by atoms with E-state index in [0.717, 1.165) is 5.56 Å². The lowest BCUT2D eigenvalue weighted by Gasteiger charge is -2.24. The molecule has 1 atom stereocenters. The Kier molecular flexibility index (Phi) is 6.83. The van der Waals surface area contributed by atoms with Gasteiger partial charge in [-0.1, -0.05) is 29.3 Å². The van der Waals surface area contributed by atoms with E-state index in [1.54, 1.807) is 23.8 Å². The van der Waals surface area contributed by atoms with Crippen LogP contribution in [0, 0.1) is 32.1 Å². The van der Waals surface area contributed by atoms with Gasteiger partial charge in [-0.3, -0.25) is 0 Å². The van der Waals surface area contributed by atoms with Crippen LogP contribution in [-0.2, 0) is 10.0 Å². The minimum absolute atomic E-state index is 0.0538. The number of hydrogen-bond donors (Lipinski definition) is 2. The first-order valence-corrected chi connectivity index (χ1v) is 10.3. The van der Waals surface area contributed by atoms with Crippen molar-refractivity contribution in [2.45, 2.75) is 37.9 Å². The van der Waals surface area contributed by atoms with Gasteiger partial charge in [0, 0.05) is 6.54 Å². The van der Waals surface area contributed by atoms with E-state index in [0.29, 0.717) is 11.1 Å². The molecule has 0 bridgehead atoms. The summed E-state index contributed by atoms with van der Waals surface area (Å²) in [4.78, 5) is -0.172. The monoisotopic (exact) mass is 445 g/mol. The van der Waals surface area contributed by atoms with Crippen LogP contribution >= 0.6 is 11.6 Å². The molecule has 0 radical (unpaired) electrons.